The first-order valence-corrected chi connectivity index (χ1v) is 11.2. The average molecular weight is 417 g/mol. The molecule has 4 rings (SSSR count). The van der Waals surface area contributed by atoms with Crippen molar-refractivity contribution < 1.29 is 4.79 Å². The van der Waals surface area contributed by atoms with Gasteiger partial charge in [-0.3, -0.25) is 4.79 Å². The Hall–Kier alpha value is -3.17. The molecule has 6 heteroatoms. The Bertz CT molecular complexity index is 1080. The molecule has 152 valence electrons. The van der Waals surface area contributed by atoms with Crippen LogP contribution in [0, 0.1) is 17.2 Å². The van der Waals surface area contributed by atoms with Gasteiger partial charge in [-0.15, -0.1) is 11.3 Å². The standard InChI is InChI=1S/C24H24N4OS/c1-17-8-5-6-11-21(17)26-24(29)18(15-25)14-19-16-28(20-9-3-2-4-10-20)27-23(19)22-12-7-13-30-22/h2-4,7,9-10,12-14,16-17,21H,5-6,8,11H2,1H3,(H,26,29)/b18-14+/t17-,21-/m1/s1. The molecule has 0 spiro atoms. The van der Waals surface area contributed by atoms with Gasteiger partial charge in [-0.05, 0) is 48.4 Å². The number of nitriles is 1. The predicted octanol–water partition coefficient (Wildman–Crippen LogP) is 5.20. The summed E-state index contributed by atoms with van der Waals surface area (Å²) in [6.07, 6.45) is 7.94. The summed E-state index contributed by atoms with van der Waals surface area (Å²) >= 11 is 1.58. The van der Waals surface area contributed by atoms with E-state index >= 15 is 0 Å². The van der Waals surface area contributed by atoms with Crippen LogP contribution in [0.2, 0.25) is 0 Å². The first kappa shape index (κ1) is 20.1. The molecule has 2 atom stereocenters. The molecule has 1 fully saturated rings. The highest BCUT2D eigenvalue weighted by atomic mass is 32.1. The van der Waals surface area contributed by atoms with Crippen LogP contribution >= 0.6 is 11.3 Å². The summed E-state index contributed by atoms with van der Waals surface area (Å²) in [6, 6.07) is 16.0. The van der Waals surface area contributed by atoms with Crippen molar-refractivity contribution in [1.82, 2.24) is 15.1 Å². The fourth-order valence-electron chi connectivity index (χ4n) is 3.89. The van der Waals surface area contributed by atoms with E-state index in [1.807, 2.05) is 54.0 Å². The molecule has 1 aliphatic carbocycles. The predicted molar refractivity (Wildman–Crippen MR) is 120 cm³/mol. The largest absolute Gasteiger partial charge is 0.348 e. The molecule has 2 heterocycles. The van der Waals surface area contributed by atoms with Gasteiger partial charge >= 0.3 is 0 Å². The third-order valence-corrected chi connectivity index (χ3v) is 6.49. The van der Waals surface area contributed by atoms with Crippen molar-refractivity contribution >= 4 is 23.3 Å². The van der Waals surface area contributed by atoms with Gasteiger partial charge < -0.3 is 5.32 Å². The van der Waals surface area contributed by atoms with Gasteiger partial charge in [0.1, 0.15) is 17.3 Å². The highest BCUT2D eigenvalue weighted by molar-refractivity contribution is 7.13. The second-order valence-electron chi connectivity index (χ2n) is 7.70. The van der Waals surface area contributed by atoms with Crippen LogP contribution in [0.15, 0.2) is 59.6 Å². The van der Waals surface area contributed by atoms with Crippen molar-refractivity contribution in [2.45, 2.75) is 38.6 Å². The van der Waals surface area contributed by atoms with Gasteiger partial charge in [0.15, 0.2) is 0 Å². The maximum absolute atomic E-state index is 12.8. The molecular weight excluding hydrogens is 392 g/mol. The summed E-state index contributed by atoms with van der Waals surface area (Å²) in [5.74, 6) is 0.131. The van der Waals surface area contributed by atoms with Crippen LogP contribution in [0.1, 0.15) is 38.2 Å². The van der Waals surface area contributed by atoms with Crippen LogP contribution in [0.3, 0.4) is 0 Å². The molecular formula is C24H24N4OS. The van der Waals surface area contributed by atoms with Crippen molar-refractivity contribution in [2.24, 2.45) is 5.92 Å². The Balaban J connectivity index is 1.67. The number of nitrogens with one attached hydrogen (secondary N) is 1. The first-order valence-electron chi connectivity index (χ1n) is 10.3. The molecule has 1 amide bonds. The van der Waals surface area contributed by atoms with Gasteiger partial charge in [0, 0.05) is 17.8 Å². The van der Waals surface area contributed by atoms with Crippen LogP contribution in [0.4, 0.5) is 0 Å². The SMILES string of the molecule is C[C@@H]1CCCC[C@H]1NC(=O)/C(C#N)=C/c1cn(-c2ccccc2)nc1-c1cccs1. The average Bonchev–Trinajstić information content (AvgIpc) is 3.44. The number of carbonyl (C=O) groups excluding carboxylic acids is 1. The van der Waals surface area contributed by atoms with Crippen LogP contribution in [-0.2, 0) is 4.79 Å². The van der Waals surface area contributed by atoms with Crippen LogP contribution in [0.5, 0.6) is 0 Å². The van der Waals surface area contributed by atoms with E-state index in [1.54, 1.807) is 22.1 Å². The van der Waals surface area contributed by atoms with Gasteiger partial charge in [-0.1, -0.05) is 44.0 Å². The minimum atomic E-state index is -0.305. The molecule has 0 bridgehead atoms. The number of thiophene rings is 1. The molecule has 0 saturated heterocycles. The highest BCUT2D eigenvalue weighted by Crippen LogP contribution is 2.29. The molecule has 1 aliphatic rings. The second-order valence-corrected chi connectivity index (χ2v) is 8.65. The van der Waals surface area contributed by atoms with Crippen LogP contribution in [0.25, 0.3) is 22.3 Å². The number of hydrogen-bond acceptors (Lipinski definition) is 4. The highest BCUT2D eigenvalue weighted by Gasteiger charge is 2.24. The normalized spacial score (nSPS) is 19.3. The molecule has 0 radical (unpaired) electrons. The topological polar surface area (TPSA) is 70.7 Å². The third kappa shape index (κ3) is 4.37. The summed E-state index contributed by atoms with van der Waals surface area (Å²) in [5.41, 5.74) is 2.55. The van der Waals surface area contributed by atoms with Crippen molar-refractivity contribution in [1.29, 1.82) is 5.26 Å². The van der Waals surface area contributed by atoms with E-state index in [0.29, 0.717) is 5.92 Å². The fourth-order valence-corrected chi connectivity index (χ4v) is 4.62. The summed E-state index contributed by atoms with van der Waals surface area (Å²) in [7, 11) is 0. The smallest absolute Gasteiger partial charge is 0.262 e. The molecule has 1 N–H and O–H groups in total. The van der Waals surface area contributed by atoms with Crippen molar-refractivity contribution in [2.75, 3.05) is 0 Å². The number of carbonyl (C=O) groups is 1. The van der Waals surface area contributed by atoms with Gasteiger partial charge in [0.05, 0.1) is 10.6 Å². The maximum Gasteiger partial charge on any atom is 0.262 e. The Labute approximate surface area is 180 Å². The van der Waals surface area contributed by atoms with Crippen molar-refractivity contribution in [3.63, 3.8) is 0 Å². The van der Waals surface area contributed by atoms with E-state index < -0.39 is 0 Å². The number of para-hydroxylation sites is 1. The van der Waals surface area contributed by atoms with Crippen molar-refractivity contribution in [3.05, 3.63) is 65.2 Å². The van der Waals surface area contributed by atoms with E-state index in [-0.39, 0.29) is 17.5 Å². The fraction of sp³-hybridized carbons (Fsp3) is 0.292. The van der Waals surface area contributed by atoms with E-state index in [0.717, 1.165) is 41.1 Å². The lowest BCUT2D eigenvalue weighted by Gasteiger charge is -2.29. The number of amides is 1. The van der Waals surface area contributed by atoms with Crippen LogP contribution in [-0.4, -0.2) is 21.7 Å². The Morgan fingerprint density at radius 3 is 2.73 bits per heavy atom. The zero-order valence-electron chi connectivity index (χ0n) is 16.9. The van der Waals surface area contributed by atoms with E-state index in [4.69, 9.17) is 5.10 Å². The maximum atomic E-state index is 12.8. The van der Waals surface area contributed by atoms with Gasteiger partial charge in [0.2, 0.25) is 0 Å². The zero-order valence-corrected chi connectivity index (χ0v) is 17.7. The lowest BCUT2D eigenvalue weighted by Crippen LogP contribution is -2.41. The zero-order chi connectivity index (χ0) is 20.9. The van der Waals surface area contributed by atoms with E-state index in [9.17, 15) is 10.1 Å². The number of aromatic nitrogens is 2. The van der Waals surface area contributed by atoms with Gasteiger partial charge in [-0.2, -0.15) is 10.4 Å². The summed E-state index contributed by atoms with van der Waals surface area (Å²) in [5, 5.41) is 19.5. The second kappa shape index (κ2) is 9.10. The van der Waals surface area contributed by atoms with Crippen LogP contribution < -0.4 is 5.32 Å². The molecule has 1 saturated carbocycles. The Morgan fingerprint density at radius 2 is 2.03 bits per heavy atom. The summed E-state index contributed by atoms with van der Waals surface area (Å²) in [6.45, 7) is 2.17. The molecule has 5 nitrogen and oxygen atoms in total. The lowest BCUT2D eigenvalue weighted by molar-refractivity contribution is -0.118. The number of rotatable bonds is 5. The Kier molecular flexibility index (Phi) is 6.10. The molecule has 3 aromatic rings. The molecule has 0 aliphatic heterocycles. The van der Waals surface area contributed by atoms with Gasteiger partial charge in [-0.25, -0.2) is 4.68 Å². The van der Waals surface area contributed by atoms with E-state index in [1.165, 1.54) is 6.42 Å². The van der Waals surface area contributed by atoms with Crippen molar-refractivity contribution in [3.8, 4) is 22.3 Å². The molecule has 2 aromatic heterocycles. The summed E-state index contributed by atoms with van der Waals surface area (Å²) in [4.78, 5) is 13.8. The minimum absolute atomic E-state index is 0.109. The third-order valence-electron chi connectivity index (χ3n) is 5.61. The lowest BCUT2D eigenvalue weighted by atomic mass is 9.86. The molecule has 0 unspecified atom stereocenters. The molecule has 30 heavy (non-hydrogen) atoms. The number of hydrogen-bond donors (Lipinski definition) is 1. The summed E-state index contributed by atoms with van der Waals surface area (Å²) < 4.78 is 1.79. The van der Waals surface area contributed by atoms with E-state index in [2.05, 4.69) is 18.3 Å². The van der Waals surface area contributed by atoms with Gasteiger partial charge in [0.25, 0.3) is 5.91 Å². The first-order chi connectivity index (χ1) is 14.7. The number of nitrogens with zero attached hydrogens (tertiary/aromatic N) is 3. The molecule has 1 aromatic carbocycles. The monoisotopic (exact) mass is 416 g/mol. The number of benzene rings is 1. The quantitative estimate of drug-likeness (QED) is 0.459. The Morgan fingerprint density at radius 1 is 1.23 bits per heavy atom. The minimum Gasteiger partial charge on any atom is -0.348 e.